The summed E-state index contributed by atoms with van der Waals surface area (Å²) in [4.78, 5) is 2.11. The van der Waals surface area contributed by atoms with Crippen LogP contribution in [-0.4, -0.2) is 33.8 Å². The molecule has 0 N–H and O–H groups in total. The van der Waals surface area contributed by atoms with Crippen LogP contribution in [0.25, 0.3) is 0 Å². The molecule has 1 saturated carbocycles. The summed E-state index contributed by atoms with van der Waals surface area (Å²) >= 11 is 0. The summed E-state index contributed by atoms with van der Waals surface area (Å²) in [6.45, 7) is 1.08. The van der Waals surface area contributed by atoms with Gasteiger partial charge in [0.05, 0.1) is 0 Å². The number of nitrogens with zero attached hydrogens (tertiary/aromatic N) is 5. The second-order valence-corrected chi connectivity index (χ2v) is 3.43. The summed E-state index contributed by atoms with van der Waals surface area (Å²) in [6, 6.07) is 0. The van der Waals surface area contributed by atoms with Crippen molar-refractivity contribution in [1.29, 1.82) is 0 Å². The zero-order valence-electron chi connectivity index (χ0n) is 7.43. The normalized spacial score (nSPS) is 16.5. The summed E-state index contributed by atoms with van der Waals surface area (Å²) in [6.07, 6.45) is 2.71. The first-order valence-electron chi connectivity index (χ1n) is 4.21. The summed E-state index contributed by atoms with van der Waals surface area (Å²) in [5.74, 6) is 1.72. The van der Waals surface area contributed by atoms with Crippen molar-refractivity contribution in [3.63, 3.8) is 0 Å². The summed E-state index contributed by atoms with van der Waals surface area (Å²) < 4.78 is 1.70. The van der Waals surface area contributed by atoms with Gasteiger partial charge in [-0.05, 0) is 29.2 Å². The summed E-state index contributed by atoms with van der Waals surface area (Å²) in [7, 11) is 3.89. The second kappa shape index (κ2) is 2.73. The third kappa shape index (κ3) is 1.39. The molecular weight excluding hydrogens is 154 g/mol. The van der Waals surface area contributed by atoms with Gasteiger partial charge in [-0.15, -0.1) is 0 Å². The third-order valence-electron chi connectivity index (χ3n) is 2.17. The third-order valence-corrected chi connectivity index (χ3v) is 2.17. The molecule has 5 nitrogen and oxygen atoms in total. The molecule has 66 valence electrons. The number of rotatable bonds is 3. The van der Waals surface area contributed by atoms with Gasteiger partial charge in [0.2, 0.25) is 5.95 Å². The van der Waals surface area contributed by atoms with Gasteiger partial charge in [-0.25, -0.2) is 4.68 Å². The highest BCUT2D eigenvalue weighted by atomic mass is 15.6. The van der Waals surface area contributed by atoms with Crippen molar-refractivity contribution in [2.24, 2.45) is 13.0 Å². The van der Waals surface area contributed by atoms with Crippen LogP contribution in [0.15, 0.2) is 0 Å². The van der Waals surface area contributed by atoms with E-state index in [2.05, 4.69) is 20.4 Å². The van der Waals surface area contributed by atoms with E-state index in [4.69, 9.17) is 0 Å². The van der Waals surface area contributed by atoms with Crippen molar-refractivity contribution in [2.45, 2.75) is 12.8 Å². The molecule has 0 radical (unpaired) electrons. The largest absolute Gasteiger partial charge is 0.342 e. The predicted octanol–water partition coefficient (Wildman–Crippen LogP) is 0.0563. The van der Waals surface area contributed by atoms with Gasteiger partial charge in [0, 0.05) is 20.6 Å². The summed E-state index contributed by atoms with van der Waals surface area (Å²) in [5.41, 5.74) is 0. The predicted molar refractivity (Wildman–Crippen MR) is 44.8 cm³/mol. The van der Waals surface area contributed by atoms with E-state index >= 15 is 0 Å². The smallest absolute Gasteiger partial charge is 0.245 e. The molecule has 12 heavy (non-hydrogen) atoms. The average Bonchev–Trinajstić information content (AvgIpc) is 2.72. The van der Waals surface area contributed by atoms with Crippen molar-refractivity contribution in [3.05, 3.63) is 0 Å². The maximum atomic E-state index is 3.92. The molecule has 0 saturated heterocycles. The zero-order valence-corrected chi connectivity index (χ0v) is 7.43. The van der Waals surface area contributed by atoms with Crippen LogP contribution in [0, 0.1) is 5.92 Å². The molecule has 1 aromatic heterocycles. The molecule has 1 aromatic rings. The molecule has 1 aliphatic carbocycles. The van der Waals surface area contributed by atoms with Crippen LogP contribution in [0.4, 0.5) is 5.95 Å². The maximum Gasteiger partial charge on any atom is 0.245 e. The number of hydrogen-bond acceptors (Lipinski definition) is 4. The molecule has 1 heterocycles. The SMILES string of the molecule is CN(CC1CC1)c1nnnn1C. The molecule has 0 aliphatic heterocycles. The van der Waals surface area contributed by atoms with Crippen LogP contribution in [0.2, 0.25) is 0 Å². The van der Waals surface area contributed by atoms with Crippen LogP contribution < -0.4 is 4.90 Å². The van der Waals surface area contributed by atoms with Crippen LogP contribution in [-0.2, 0) is 7.05 Å². The Balaban J connectivity index is 2.02. The lowest BCUT2D eigenvalue weighted by molar-refractivity contribution is 0.684. The van der Waals surface area contributed by atoms with Gasteiger partial charge in [-0.2, -0.15) is 0 Å². The number of aryl methyl sites for hydroxylation is 1. The Labute approximate surface area is 71.4 Å². The van der Waals surface area contributed by atoms with Crippen LogP contribution in [0.5, 0.6) is 0 Å². The lowest BCUT2D eigenvalue weighted by Gasteiger charge is -2.15. The second-order valence-electron chi connectivity index (χ2n) is 3.43. The fourth-order valence-electron chi connectivity index (χ4n) is 1.32. The van der Waals surface area contributed by atoms with Crippen molar-refractivity contribution in [2.75, 3.05) is 18.5 Å². The van der Waals surface area contributed by atoms with Gasteiger partial charge in [-0.1, -0.05) is 5.10 Å². The van der Waals surface area contributed by atoms with Crippen molar-refractivity contribution >= 4 is 5.95 Å². The molecule has 0 atom stereocenters. The molecular formula is C7H13N5. The highest BCUT2D eigenvalue weighted by molar-refractivity contribution is 5.26. The standard InChI is InChI=1S/C7H13N5/c1-11(5-6-3-4-6)7-8-9-10-12(7)2/h6H,3-5H2,1-2H3. The Morgan fingerprint density at radius 1 is 1.58 bits per heavy atom. The van der Waals surface area contributed by atoms with Gasteiger partial charge in [0.1, 0.15) is 0 Å². The van der Waals surface area contributed by atoms with Gasteiger partial charge in [-0.3, -0.25) is 0 Å². The fraction of sp³-hybridized carbons (Fsp3) is 0.857. The molecule has 1 fully saturated rings. The minimum Gasteiger partial charge on any atom is -0.342 e. The lowest BCUT2D eigenvalue weighted by Crippen LogP contribution is -2.23. The molecule has 0 spiro atoms. The van der Waals surface area contributed by atoms with E-state index in [-0.39, 0.29) is 0 Å². The highest BCUT2D eigenvalue weighted by Crippen LogP contribution is 2.30. The quantitative estimate of drug-likeness (QED) is 0.638. The van der Waals surface area contributed by atoms with Crippen molar-refractivity contribution in [3.8, 4) is 0 Å². The number of tetrazole rings is 1. The molecule has 5 heteroatoms. The number of anilines is 1. The van der Waals surface area contributed by atoms with Crippen LogP contribution in [0.3, 0.4) is 0 Å². The van der Waals surface area contributed by atoms with Gasteiger partial charge in [0.25, 0.3) is 0 Å². The van der Waals surface area contributed by atoms with E-state index in [1.54, 1.807) is 4.68 Å². The first-order chi connectivity index (χ1) is 5.77. The minimum absolute atomic E-state index is 0.849. The first-order valence-corrected chi connectivity index (χ1v) is 4.21. The summed E-state index contributed by atoms with van der Waals surface area (Å²) in [5, 5.41) is 11.3. The van der Waals surface area contributed by atoms with Crippen LogP contribution in [0.1, 0.15) is 12.8 Å². The average molecular weight is 167 g/mol. The number of hydrogen-bond donors (Lipinski definition) is 0. The Morgan fingerprint density at radius 2 is 2.33 bits per heavy atom. The molecule has 0 bridgehead atoms. The fourth-order valence-corrected chi connectivity index (χ4v) is 1.32. The minimum atomic E-state index is 0.849. The van der Waals surface area contributed by atoms with E-state index in [1.165, 1.54) is 12.8 Å². The Morgan fingerprint density at radius 3 is 2.83 bits per heavy atom. The van der Waals surface area contributed by atoms with E-state index in [9.17, 15) is 0 Å². The topological polar surface area (TPSA) is 46.8 Å². The Bertz CT molecular complexity index is 265. The molecule has 0 unspecified atom stereocenters. The van der Waals surface area contributed by atoms with Gasteiger partial charge < -0.3 is 4.90 Å². The van der Waals surface area contributed by atoms with E-state index < -0.39 is 0 Å². The highest BCUT2D eigenvalue weighted by Gasteiger charge is 2.24. The molecule has 2 rings (SSSR count). The Hall–Kier alpha value is -1.13. The van der Waals surface area contributed by atoms with Gasteiger partial charge in [0.15, 0.2) is 0 Å². The maximum absolute atomic E-state index is 3.92. The van der Waals surface area contributed by atoms with Crippen molar-refractivity contribution < 1.29 is 0 Å². The molecule has 0 amide bonds. The monoisotopic (exact) mass is 167 g/mol. The first kappa shape index (κ1) is 7.52. The lowest BCUT2D eigenvalue weighted by atomic mass is 10.4. The molecule has 1 aliphatic rings. The molecule has 0 aromatic carbocycles. The van der Waals surface area contributed by atoms with Crippen molar-refractivity contribution in [1.82, 2.24) is 20.2 Å². The number of aromatic nitrogens is 4. The van der Waals surface area contributed by atoms with E-state index in [1.807, 2.05) is 14.1 Å². The van der Waals surface area contributed by atoms with E-state index in [0.29, 0.717) is 0 Å². The van der Waals surface area contributed by atoms with E-state index in [0.717, 1.165) is 18.4 Å². The van der Waals surface area contributed by atoms with Gasteiger partial charge >= 0.3 is 0 Å². The van der Waals surface area contributed by atoms with Crippen LogP contribution >= 0.6 is 0 Å². The zero-order chi connectivity index (χ0) is 8.55. The Kier molecular flexibility index (Phi) is 1.71.